The second-order valence-electron chi connectivity index (χ2n) is 5.39. The summed E-state index contributed by atoms with van der Waals surface area (Å²) in [5.41, 5.74) is 3.13. The van der Waals surface area contributed by atoms with Crippen LogP contribution in [0.5, 0.6) is 0 Å². The first-order valence-corrected chi connectivity index (χ1v) is 7.40. The highest BCUT2D eigenvalue weighted by atomic mass is 19.1. The van der Waals surface area contributed by atoms with Crippen LogP contribution in [0.25, 0.3) is 0 Å². The van der Waals surface area contributed by atoms with E-state index in [9.17, 15) is 4.39 Å². The quantitative estimate of drug-likeness (QED) is 0.776. The van der Waals surface area contributed by atoms with E-state index in [-0.39, 0.29) is 11.9 Å². The second kappa shape index (κ2) is 6.85. The summed E-state index contributed by atoms with van der Waals surface area (Å²) in [5.74, 6) is -0.0869. The first-order valence-electron chi connectivity index (χ1n) is 7.40. The first kappa shape index (κ1) is 14.3. The monoisotopic (exact) mass is 261 g/mol. The smallest absolute Gasteiger partial charge is 0.128 e. The topological polar surface area (TPSA) is 12.0 Å². The average molecular weight is 261 g/mol. The van der Waals surface area contributed by atoms with Crippen LogP contribution in [0.15, 0.2) is 29.8 Å². The maximum absolute atomic E-state index is 14.2. The van der Waals surface area contributed by atoms with Crippen LogP contribution in [0.1, 0.15) is 56.2 Å². The van der Waals surface area contributed by atoms with Crippen molar-refractivity contribution in [3.05, 3.63) is 46.8 Å². The normalized spacial score (nSPS) is 17.7. The number of hydrogen-bond acceptors (Lipinski definition) is 1. The van der Waals surface area contributed by atoms with Crippen molar-refractivity contribution in [2.45, 2.75) is 52.0 Å². The van der Waals surface area contributed by atoms with E-state index in [4.69, 9.17) is 0 Å². The zero-order valence-corrected chi connectivity index (χ0v) is 12.0. The minimum absolute atomic E-state index is 0.0451. The Morgan fingerprint density at radius 3 is 2.84 bits per heavy atom. The lowest BCUT2D eigenvalue weighted by molar-refractivity contribution is 0.540. The number of allylic oxidation sites excluding steroid dienone is 1. The van der Waals surface area contributed by atoms with Gasteiger partial charge in [0.15, 0.2) is 0 Å². The van der Waals surface area contributed by atoms with Gasteiger partial charge in [0.2, 0.25) is 0 Å². The van der Waals surface area contributed by atoms with E-state index in [1.807, 2.05) is 19.1 Å². The van der Waals surface area contributed by atoms with E-state index >= 15 is 0 Å². The van der Waals surface area contributed by atoms with Crippen molar-refractivity contribution in [3.8, 4) is 0 Å². The highest BCUT2D eigenvalue weighted by Crippen LogP contribution is 2.30. The zero-order valence-electron chi connectivity index (χ0n) is 12.0. The summed E-state index contributed by atoms with van der Waals surface area (Å²) in [5, 5.41) is 3.45. The molecule has 1 aliphatic carbocycles. The second-order valence-corrected chi connectivity index (χ2v) is 5.39. The maximum atomic E-state index is 14.2. The van der Waals surface area contributed by atoms with Gasteiger partial charge in [0.1, 0.15) is 5.82 Å². The molecule has 104 valence electrons. The first-order chi connectivity index (χ1) is 9.22. The van der Waals surface area contributed by atoms with Gasteiger partial charge in [0.25, 0.3) is 0 Å². The molecule has 1 aromatic carbocycles. The molecule has 0 radical (unpaired) electrons. The molecule has 2 heteroatoms. The Morgan fingerprint density at radius 1 is 1.26 bits per heavy atom. The Morgan fingerprint density at radius 2 is 2.11 bits per heavy atom. The summed E-state index contributed by atoms with van der Waals surface area (Å²) in [6, 6.07) is 5.62. The minimum Gasteiger partial charge on any atom is -0.307 e. The molecule has 0 aromatic heterocycles. The van der Waals surface area contributed by atoms with E-state index in [0.717, 1.165) is 30.5 Å². The van der Waals surface area contributed by atoms with Gasteiger partial charge < -0.3 is 5.32 Å². The Labute approximate surface area is 115 Å². The molecule has 1 atom stereocenters. The summed E-state index contributed by atoms with van der Waals surface area (Å²) < 4.78 is 14.2. The van der Waals surface area contributed by atoms with Crippen LogP contribution in [0, 0.1) is 12.7 Å². The summed E-state index contributed by atoms with van der Waals surface area (Å²) in [7, 11) is 0. The third-order valence-electron chi connectivity index (χ3n) is 3.82. The predicted octanol–water partition coefficient (Wildman–Crippen LogP) is 4.68. The fourth-order valence-corrected chi connectivity index (χ4v) is 2.81. The van der Waals surface area contributed by atoms with Crippen LogP contribution in [0.4, 0.5) is 4.39 Å². The van der Waals surface area contributed by atoms with Gasteiger partial charge in [0, 0.05) is 5.56 Å². The molecule has 1 aromatic rings. The van der Waals surface area contributed by atoms with Gasteiger partial charge in [-0.2, -0.15) is 0 Å². The number of aryl methyl sites for hydroxylation is 1. The highest BCUT2D eigenvalue weighted by molar-refractivity contribution is 5.32. The van der Waals surface area contributed by atoms with Crippen LogP contribution in [-0.4, -0.2) is 6.54 Å². The Kier molecular flexibility index (Phi) is 5.15. The number of benzene rings is 1. The summed E-state index contributed by atoms with van der Waals surface area (Å²) in [6.45, 7) is 4.87. The largest absolute Gasteiger partial charge is 0.307 e. The van der Waals surface area contributed by atoms with Gasteiger partial charge >= 0.3 is 0 Å². The van der Waals surface area contributed by atoms with E-state index in [2.05, 4.69) is 18.3 Å². The molecule has 0 spiro atoms. The lowest BCUT2D eigenvalue weighted by Crippen LogP contribution is -2.24. The van der Waals surface area contributed by atoms with E-state index in [1.54, 1.807) is 6.07 Å². The Hall–Kier alpha value is -1.15. The van der Waals surface area contributed by atoms with Crippen LogP contribution in [-0.2, 0) is 0 Å². The molecule has 1 aliphatic rings. The molecule has 0 bridgehead atoms. The fraction of sp³-hybridized carbons (Fsp3) is 0.529. The number of likely N-dealkylation sites (N-methyl/N-ethyl adjacent to an activating group) is 1. The van der Waals surface area contributed by atoms with Crippen molar-refractivity contribution in [1.82, 2.24) is 5.32 Å². The van der Waals surface area contributed by atoms with Gasteiger partial charge in [-0.1, -0.05) is 37.1 Å². The number of nitrogens with one attached hydrogen (secondary N) is 1. The van der Waals surface area contributed by atoms with Crippen LogP contribution in [0.3, 0.4) is 0 Å². The molecular formula is C17H24FN. The van der Waals surface area contributed by atoms with Crippen molar-refractivity contribution in [2.24, 2.45) is 0 Å². The standard InChI is InChI=1S/C17H24FN/c1-3-19-17(14-8-6-4-5-7-9-14)15-11-10-13(2)12-16(15)18/h8,10-12,17,19H,3-7,9H2,1-2H3. The summed E-state index contributed by atoms with van der Waals surface area (Å²) in [6.07, 6.45) is 8.31. The third-order valence-corrected chi connectivity index (χ3v) is 3.82. The van der Waals surface area contributed by atoms with Crippen molar-refractivity contribution >= 4 is 0 Å². The van der Waals surface area contributed by atoms with Gasteiger partial charge in [0.05, 0.1) is 6.04 Å². The van der Waals surface area contributed by atoms with Gasteiger partial charge in [-0.25, -0.2) is 4.39 Å². The van der Waals surface area contributed by atoms with Crippen molar-refractivity contribution < 1.29 is 4.39 Å². The molecule has 0 fully saturated rings. The lowest BCUT2D eigenvalue weighted by Gasteiger charge is -2.22. The summed E-state index contributed by atoms with van der Waals surface area (Å²) in [4.78, 5) is 0. The van der Waals surface area contributed by atoms with Crippen LogP contribution in [0.2, 0.25) is 0 Å². The van der Waals surface area contributed by atoms with Gasteiger partial charge in [-0.15, -0.1) is 0 Å². The molecule has 0 aliphatic heterocycles. The molecule has 1 unspecified atom stereocenters. The molecule has 19 heavy (non-hydrogen) atoms. The molecule has 0 heterocycles. The van der Waals surface area contributed by atoms with Crippen LogP contribution < -0.4 is 5.32 Å². The predicted molar refractivity (Wildman–Crippen MR) is 78.7 cm³/mol. The lowest BCUT2D eigenvalue weighted by atomic mass is 9.94. The molecule has 0 saturated carbocycles. The molecule has 0 saturated heterocycles. The number of halogens is 1. The third kappa shape index (κ3) is 3.66. The van der Waals surface area contributed by atoms with Crippen molar-refractivity contribution in [3.63, 3.8) is 0 Å². The SMILES string of the molecule is CCNC(C1=CCCCCC1)c1ccc(C)cc1F. The van der Waals surface area contributed by atoms with E-state index in [0.29, 0.717) is 0 Å². The minimum atomic E-state index is -0.0869. The molecular weight excluding hydrogens is 237 g/mol. The zero-order chi connectivity index (χ0) is 13.7. The molecule has 0 amide bonds. The number of rotatable bonds is 4. The Balaban J connectivity index is 2.30. The molecule has 1 N–H and O–H groups in total. The van der Waals surface area contributed by atoms with Crippen molar-refractivity contribution in [2.75, 3.05) is 6.54 Å². The van der Waals surface area contributed by atoms with Gasteiger partial charge in [-0.05, 0) is 50.8 Å². The van der Waals surface area contributed by atoms with Crippen molar-refractivity contribution in [1.29, 1.82) is 0 Å². The fourth-order valence-electron chi connectivity index (χ4n) is 2.81. The molecule has 2 rings (SSSR count). The van der Waals surface area contributed by atoms with E-state index < -0.39 is 0 Å². The Bertz CT molecular complexity index is 451. The van der Waals surface area contributed by atoms with Gasteiger partial charge in [-0.3, -0.25) is 0 Å². The van der Waals surface area contributed by atoms with Crippen LogP contribution >= 0.6 is 0 Å². The average Bonchev–Trinajstić information content (AvgIpc) is 2.65. The summed E-state index contributed by atoms with van der Waals surface area (Å²) >= 11 is 0. The molecule has 1 nitrogen and oxygen atoms in total. The maximum Gasteiger partial charge on any atom is 0.128 e. The number of hydrogen-bond donors (Lipinski definition) is 1. The van der Waals surface area contributed by atoms with E-state index in [1.165, 1.54) is 24.8 Å². The highest BCUT2D eigenvalue weighted by Gasteiger charge is 2.19.